The summed E-state index contributed by atoms with van der Waals surface area (Å²) in [5.41, 5.74) is 0. The van der Waals surface area contributed by atoms with E-state index in [0.29, 0.717) is 18.2 Å². The van der Waals surface area contributed by atoms with Crippen LogP contribution in [0.15, 0.2) is 4.99 Å². The number of aliphatic imine (C=N–C) groups is 1. The Morgan fingerprint density at radius 3 is 2.56 bits per heavy atom. The van der Waals surface area contributed by atoms with E-state index in [0.717, 1.165) is 37.3 Å². The number of guanidine groups is 1. The van der Waals surface area contributed by atoms with E-state index in [-0.39, 0.29) is 0 Å². The van der Waals surface area contributed by atoms with Crippen LogP contribution < -0.4 is 10.6 Å². The Kier molecular flexibility index (Phi) is 7.00. The van der Waals surface area contributed by atoms with Gasteiger partial charge in [0.1, 0.15) is 0 Å². The molecule has 3 heterocycles. The summed E-state index contributed by atoms with van der Waals surface area (Å²) >= 11 is 0. The van der Waals surface area contributed by atoms with Gasteiger partial charge in [-0.25, -0.2) is 0 Å². The van der Waals surface area contributed by atoms with Crippen molar-refractivity contribution in [1.29, 1.82) is 0 Å². The van der Waals surface area contributed by atoms with Crippen molar-refractivity contribution >= 4 is 5.96 Å². The number of ether oxygens (including phenoxy) is 1. The first-order valence-electron chi connectivity index (χ1n) is 10.6. The quantitative estimate of drug-likeness (QED) is 0.421. The monoisotopic (exact) mass is 350 g/mol. The molecule has 0 aromatic carbocycles. The van der Waals surface area contributed by atoms with Gasteiger partial charge in [0.15, 0.2) is 5.96 Å². The highest BCUT2D eigenvalue weighted by Crippen LogP contribution is 2.34. The fourth-order valence-corrected chi connectivity index (χ4v) is 4.90. The third-order valence-corrected chi connectivity index (χ3v) is 5.87. The molecule has 3 saturated heterocycles. The van der Waals surface area contributed by atoms with Gasteiger partial charge in [-0.3, -0.25) is 4.99 Å². The molecule has 3 aliphatic heterocycles. The summed E-state index contributed by atoms with van der Waals surface area (Å²) in [7, 11) is 0. The number of likely N-dealkylation sites (tertiary alicyclic amines) is 1. The molecule has 0 spiro atoms. The summed E-state index contributed by atoms with van der Waals surface area (Å²) in [6, 6.07) is 0.452. The minimum atomic E-state index is 0.400. The van der Waals surface area contributed by atoms with Crippen LogP contribution in [0.25, 0.3) is 0 Å². The molecule has 3 fully saturated rings. The summed E-state index contributed by atoms with van der Waals surface area (Å²) in [5, 5.41) is 7.00. The van der Waals surface area contributed by atoms with Gasteiger partial charge in [-0.1, -0.05) is 13.8 Å². The lowest BCUT2D eigenvalue weighted by molar-refractivity contribution is 0.0992. The minimum Gasteiger partial charge on any atom is -0.373 e. The average molecular weight is 351 g/mol. The highest BCUT2D eigenvalue weighted by Gasteiger charge is 2.41. The number of piperidine rings is 1. The van der Waals surface area contributed by atoms with Gasteiger partial charge in [-0.05, 0) is 63.8 Å². The molecule has 2 N–H and O–H groups in total. The maximum Gasteiger partial charge on any atom is 0.191 e. The van der Waals surface area contributed by atoms with Gasteiger partial charge in [0.2, 0.25) is 0 Å². The number of nitrogens with zero attached hydrogens (tertiary/aromatic N) is 2. The second-order valence-electron chi connectivity index (χ2n) is 8.53. The maximum absolute atomic E-state index is 5.94. The molecule has 5 heteroatoms. The number of rotatable bonds is 7. The Morgan fingerprint density at radius 1 is 1.12 bits per heavy atom. The van der Waals surface area contributed by atoms with E-state index in [4.69, 9.17) is 9.73 Å². The van der Waals surface area contributed by atoms with Crippen molar-refractivity contribution in [2.75, 3.05) is 32.7 Å². The first-order chi connectivity index (χ1) is 12.1. The van der Waals surface area contributed by atoms with Crippen molar-refractivity contribution in [1.82, 2.24) is 15.5 Å². The molecule has 5 unspecified atom stereocenters. The van der Waals surface area contributed by atoms with Gasteiger partial charge in [0, 0.05) is 26.2 Å². The van der Waals surface area contributed by atoms with Crippen molar-refractivity contribution < 1.29 is 4.74 Å². The maximum atomic E-state index is 5.94. The van der Waals surface area contributed by atoms with Crippen LogP contribution in [-0.4, -0.2) is 61.8 Å². The third kappa shape index (κ3) is 5.58. The van der Waals surface area contributed by atoms with Gasteiger partial charge in [-0.2, -0.15) is 0 Å². The number of hydrogen-bond acceptors (Lipinski definition) is 3. The molecule has 25 heavy (non-hydrogen) atoms. The van der Waals surface area contributed by atoms with Crippen LogP contribution in [0, 0.1) is 11.8 Å². The molecule has 0 aromatic heterocycles. The molecule has 3 aliphatic rings. The molecule has 0 radical (unpaired) electrons. The summed E-state index contributed by atoms with van der Waals surface area (Å²) in [4.78, 5) is 7.44. The van der Waals surface area contributed by atoms with Crippen LogP contribution in [-0.2, 0) is 4.74 Å². The number of nitrogens with one attached hydrogen (secondary N) is 2. The van der Waals surface area contributed by atoms with Crippen molar-refractivity contribution in [2.45, 2.75) is 77.5 Å². The topological polar surface area (TPSA) is 48.9 Å². The van der Waals surface area contributed by atoms with Gasteiger partial charge in [-0.15, -0.1) is 0 Å². The SMILES string of the molecule is CCNC(=NCCCCN1CC(C)CC(C)C1)NC1CC2CCC1O2. The highest BCUT2D eigenvalue weighted by atomic mass is 16.5. The number of unbranched alkanes of at least 4 members (excludes halogenated alkanes) is 1. The molecular weight excluding hydrogens is 312 g/mol. The predicted molar refractivity (Wildman–Crippen MR) is 104 cm³/mol. The van der Waals surface area contributed by atoms with Crippen LogP contribution in [0.2, 0.25) is 0 Å². The largest absolute Gasteiger partial charge is 0.373 e. The second-order valence-corrected chi connectivity index (χ2v) is 8.53. The molecule has 0 saturated carbocycles. The van der Waals surface area contributed by atoms with Crippen LogP contribution in [0.1, 0.15) is 59.3 Å². The van der Waals surface area contributed by atoms with Crippen molar-refractivity contribution in [3.05, 3.63) is 0 Å². The van der Waals surface area contributed by atoms with E-state index in [1.165, 1.54) is 51.7 Å². The number of fused-ring (bicyclic) bond motifs is 2. The Balaban J connectivity index is 1.35. The standard InChI is InChI=1S/C20H38N4O/c1-4-21-20(23-18-12-17-7-8-19(18)25-17)22-9-5-6-10-24-13-15(2)11-16(3)14-24/h15-19H,4-14H2,1-3H3,(H2,21,22,23). The molecule has 3 rings (SSSR count). The molecule has 144 valence electrons. The lowest BCUT2D eigenvalue weighted by Gasteiger charge is -2.34. The highest BCUT2D eigenvalue weighted by molar-refractivity contribution is 5.80. The lowest BCUT2D eigenvalue weighted by Crippen LogP contribution is -2.47. The van der Waals surface area contributed by atoms with E-state index < -0.39 is 0 Å². The molecule has 0 aromatic rings. The smallest absolute Gasteiger partial charge is 0.191 e. The molecule has 0 aliphatic carbocycles. The summed E-state index contributed by atoms with van der Waals surface area (Å²) in [5.74, 6) is 2.69. The second kappa shape index (κ2) is 9.22. The molecule has 2 bridgehead atoms. The van der Waals surface area contributed by atoms with E-state index in [2.05, 4.69) is 36.3 Å². The zero-order chi connectivity index (χ0) is 17.6. The lowest BCUT2D eigenvalue weighted by atomic mass is 9.92. The van der Waals surface area contributed by atoms with E-state index in [9.17, 15) is 0 Å². The summed E-state index contributed by atoms with van der Waals surface area (Å²) < 4.78 is 5.94. The number of hydrogen-bond donors (Lipinski definition) is 2. The van der Waals surface area contributed by atoms with E-state index in [1.54, 1.807) is 0 Å². The average Bonchev–Trinajstić information content (AvgIpc) is 3.16. The Hall–Kier alpha value is -0.810. The summed E-state index contributed by atoms with van der Waals surface area (Å²) in [6.45, 7) is 12.5. The van der Waals surface area contributed by atoms with Crippen LogP contribution >= 0.6 is 0 Å². The molecule has 5 nitrogen and oxygen atoms in total. The fraction of sp³-hybridized carbons (Fsp3) is 0.950. The van der Waals surface area contributed by atoms with Crippen LogP contribution in [0.3, 0.4) is 0 Å². The zero-order valence-electron chi connectivity index (χ0n) is 16.5. The van der Waals surface area contributed by atoms with Crippen molar-refractivity contribution in [3.8, 4) is 0 Å². The molecule has 0 amide bonds. The van der Waals surface area contributed by atoms with Gasteiger partial charge >= 0.3 is 0 Å². The fourth-order valence-electron chi connectivity index (χ4n) is 4.90. The van der Waals surface area contributed by atoms with Gasteiger partial charge < -0.3 is 20.3 Å². The predicted octanol–water partition coefficient (Wildman–Crippen LogP) is 2.62. The zero-order valence-corrected chi connectivity index (χ0v) is 16.5. The molecule has 5 atom stereocenters. The van der Waals surface area contributed by atoms with Crippen molar-refractivity contribution in [2.24, 2.45) is 16.8 Å². The Morgan fingerprint density at radius 2 is 1.92 bits per heavy atom. The summed E-state index contributed by atoms with van der Waals surface area (Å²) in [6.07, 6.45) is 8.28. The first kappa shape index (κ1) is 19.0. The molecular formula is C20H38N4O. The Bertz CT molecular complexity index is 431. The van der Waals surface area contributed by atoms with E-state index >= 15 is 0 Å². The Labute approximate surface area is 154 Å². The normalized spacial score (nSPS) is 36.0. The van der Waals surface area contributed by atoms with Gasteiger partial charge in [0.25, 0.3) is 0 Å². The van der Waals surface area contributed by atoms with Crippen LogP contribution in [0.4, 0.5) is 0 Å². The van der Waals surface area contributed by atoms with Gasteiger partial charge in [0.05, 0.1) is 18.2 Å². The third-order valence-electron chi connectivity index (χ3n) is 5.87. The minimum absolute atomic E-state index is 0.400. The van der Waals surface area contributed by atoms with E-state index in [1.807, 2.05) is 0 Å². The van der Waals surface area contributed by atoms with Crippen LogP contribution in [0.5, 0.6) is 0 Å². The van der Waals surface area contributed by atoms with Crippen molar-refractivity contribution in [3.63, 3.8) is 0 Å². The first-order valence-corrected chi connectivity index (χ1v) is 10.6.